The van der Waals surface area contributed by atoms with Crippen molar-refractivity contribution in [2.45, 2.75) is 31.4 Å². The van der Waals surface area contributed by atoms with Crippen molar-refractivity contribution in [3.63, 3.8) is 0 Å². The van der Waals surface area contributed by atoms with Gasteiger partial charge >= 0.3 is 0 Å². The van der Waals surface area contributed by atoms with Gasteiger partial charge in [0, 0.05) is 47.5 Å². The molecule has 5 rings (SSSR count). The summed E-state index contributed by atoms with van der Waals surface area (Å²) in [4.78, 5) is 11.2. The Labute approximate surface area is 193 Å². The van der Waals surface area contributed by atoms with E-state index in [-0.39, 0.29) is 5.54 Å². The highest BCUT2D eigenvalue weighted by Gasteiger charge is 2.32. The Morgan fingerprint density at radius 2 is 1.84 bits per heavy atom. The number of hydrogen-bond donors (Lipinski definition) is 1. The van der Waals surface area contributed by atoms with Crippen molar-refractivity contribution in [2.75, 3.05) is 19.6 Å². The fraction of sp³-hybridized carbons (Fsp3) is 0.308. The minimum Gasteiger partial charge on any atom is -0.487 e. The first-order valence-corrected chi connectivity index (χ1v) is 11.5. The third-order valence-electron chi connectivity index (χ3n) is 6.59. The molecule has 0 radical (unpaired) electrons. The first-order chi connectivity index (χ1) is 15.6. The van der Waals surface area contributed by atoms with Crippen LogP contribution in [-0.2, 0) is 12.1 Å². The van der Waals surface area contributed by atoms with E-state index < -0.39 is 0 Å². The Balaban J connectivity index is 1.28. The topological polar surface area (TPSA) is 64.3 Å². The molecule has 0 aliphatic carbocycles. The molecule has 1 saturated heterocycles. The molecule has 0 saturated carbocycles. The second kappa shape index (κ2) is 9.02. The van der Waals surface area contributed by atoms with Crippen molar-refractivity contribution in [1.82, 2.24) is 14.9 Å². The van der Waals surface area contributed by atoms with Crippen molar-refractivity contribution in [3.8, 4) is 5.75 Å². The van der Waals surface area contributed by atoms with Gasteiger partial charge in [-0.2, -0.15) is 0 Å². The lowest BCUT2D eigenvalue weighted by Gasteiger charge is -2.39. The average Bonchev–Trinajstić information content (AvgIpc) is 2.98. The van der Waals surface area contributed by atoms with Gasteiger partial charge in [0.15, 0.2) is 0 Å². The van der Waals surface area contributed by atoms with E-state index >= 15 is 0 Å². The Morgan fingerprint density at radius 3 is 2.66 bits per heavy atom. The lowest BCUT2D eigenvalue weighted by molar-refractivity contribution is 0.164. The SMILES string of the molecule is NC1(c2ccc(Cl)cc2)CCN(CC/C=C2/c3ccccc3OCc3ncncc32)CC1. The Bertz CT molecular complexity index is 1070. The third-order valence-corrected chi connectivity index (χ3v) is 6.84. The normalized spacial score (nSPS) is 19.0. The number of likely N-dealkylation sites (tertiary alicyclic amines) is 1. The van der Waals surface area contributed by atoms with E-state index in [1.807, 2.05) is 36.5 Å². The van der Waals surface area contributed by atoms with Gasteiger partial charge in [-0.05, 0) is 48.6 Å². The van der Waals surface area contributed by atoms with E-state index in [1.165, 1.54) is 5.56 Å². The zero-order chi connectivity index (χ0) is 22.0. The van der Waals surface area contributed by atoms with Gasteiger partial charge in [0.05, 0.1) is 5.69 Å². The molecule has 32 heavy (non-hydrogen) atoms. The Hall–Kier alpha value is -2.73. The van der Waals surface area contributed by atoms with Crippen molar-refractivity contribution in [3.05, 3.63) is 94.5 Å². The molecule has 1 fully saturated rings. The summed E-state index contributed by atoms with van der Waals surface area (Å²) in [5, 5.41) is 0.750. The van der Waals surface area contributed by atoms with E-state index in [4.69, 9.17) is 22.1 Å². The van der Waals surface area contributed by atoms with Crippen LogP contribution in [0.15, 0.2) is 67.1 Å². The van der Waals surface area contributed by atoms with Crippen LogP contribution in [0, 0.1) is 0 Å². The predicted octanol–water partition coefficient (Wildman–Crippen LogP) is 4.79. The number of nitrogens with zero attached hydrogens (tertiary/aromatic N) is 3. The molecule has 0 amide bonds. The third kappa shape index (κ3) is 4.29. The van der Waals surface area contributed by atoms with Crippen molar-refractivity contribution in [1.29, 1.82) is 0 Å². The number of benzene rings is 2. The summed E-state index contributed by atoms with van der Waals surface area (Å²) < 4.78 is 6.01. The smallest absolute Gasteiger partial charge is 0.131 e. The van der Waals surface area contributed by atoms with Crippen LogP contribution in [0.2, 0.25) is 5.02 Å². The molecular weight excluding hydrogens is 420 g/mol. The van der Waals surface area contributed by atoms with Crippen molar-refractivity contribution >= 4 is 17.2 Å². The number of halogens is 1. The van der Waals surface area contributed by atoms with E-state index in [0.717, 1.165) is 72.1 Å². The molecule has 1 aromatic heterocycles. The maximum atomic E-state index is 6.75. The molecule has 2 aromatic carbocycles. The van der Waals surface area contributed by atoms with Gasteiger partial charge in [-0.1, -0.05) is 48.0 Å². The largest absolute Gasteiger partial charge is 0.487 e. The highest BCUT2D eigenvalue weighted by molar-refractivity contribution is 6.30. The van der Waals surface area contributed by atoms with Crippen LogP contribution in [0.1, 0.15) is 41.6 Å². The summed E-state index contributed by atoms with van der Waals surface area (Å²) in [5.41, 5.74) is 11.9. The van der Waals surface area contributed by atoms with E-state index in [2.05, 4.69) is 39.1 Å². The predicted molar refractivity (Wildman–Crippen MR) is 127 cm³/mol. The number of para-hydroxylation sites is 1. The zero-order valence-corrected chi connectivity index (χ0v) is 18.8. The summed E-state index contributed by atoms with van der Waals surface area (Å²) in [5.74, 6) is 0.894. The van der Waals surface area contributed by atoms with Gasteiger partial charge in [0.1, 0.15) is 18.7 Å². The number of aromatic nitrogens is 2. The molecule has 6 heteroatoms. The van der Waals surface area contributed by atoms with Crippen LogP contribution >= 0.6 is 11.6 Å². The summed E-state index contributed by atoms with van der Waals surface area (Å²) >= 11 is 6.04. The fourth-order valence-electron chi connectivity index (χ4n) is 4.66. The second-order valence-corrected chi connectivity index (χ2v) is 9.02. The number of rotatable bonds is 4. The Morgan fingerprint density at radius 1 is 1.06 bits per heavy atom. The Kier molecular flexibility index (Phi) is 5.96. The molecule has 164 valence electrons. The molecule has 5 nitrogen and oxygen atoms in total. The van der Waals surface area contributed by atoms with Gasteiger partial charge in [-0.15, -0.1) is 0 Å². The van der Waals surface area contributed by atoms with Crippen LogP contribution in [-0.4, -0.2) is 34.5 Å². The lowest BCUT2D eigenvalue weighted by atomic mass is 9.82. The molecule has 3 aromatic rings. The van der Waals surface area contributed by atoms with E-state index in [1.54, 1.807) is 6.33 Å². The zero-order valence-electron chi connectivity index (χ0n) is 18.0. The molecule has 2 aliphatic rings. The molecule has 3 heterocycles. The van der Waals surface area contributed by atoms with Crippen LogP contribution in [0.5, 0.6) is 5.75 Å². The minimum absolute atomic E-state index is 0.270. The number of nitrogens with two attached hydrogens (primary N) is 1. The van der Waals surface area contributed by atoms with E-state index in [9.17, 15) is 0 Å². The fourth-order valence-corrected chi connectivity index (χ4v) is 4.78. The molecule has 2 aliphatic heterocycles. The molecule has 0 unspecified atom stereocenters. The second-order valence-electron chi connectivity index (χ2n) is 8.58. The highest BCUT2D eigenvalue weighted by Crippen LogP contribution is 2.36. The minimum atomic E-state index is -0.270. The van der Waals surface area contributed by atoms with Gasteiger partial charge < -0.3 is 15.4 Å². The van der Waals surface area contributed by atoms with Gasteiger partial charge in [0.25, 0.3) is 0 Å². The maximum Gasteiger partial charge on any atom is 0.131 e. The standard InChI is InChI=1S/C26H27ClN4O/c27-20-9-7-19(8-10-20)26(28)11-14-31(15-12-26)13-3-5-21-22-4-1-2-6-25(22)32-17-24-23(21)16-29-18-30-24/h1-2,4-10,16,18H,3,11-15,17,28H2/b21-5-. The van der Waals surface area contributed by atoms with Gasteiger partial charge in [-0.25, -0.2) is 9.97 Å². The molecule has 2 N–H and O–H groups in total. The van der Waals surface area contributed by atoms with Crippen LogP contribution in [0.25, 0.3) is 5.57 Å². The number of hydrogen-bond acceptors (Lipinski definition) is 5. The van der Waals surface area contributed by atoms with Crippen molar-refractivity contribution in [2.24, 2.45) is 5.73 Å². The number of ether oxygens (including phenoxy) is 1. The van der Waals surface area contributed by atoms with Crippen LogP contribution in [0.4, 0.5) is 0 Å². The van der Waals surface area contributed by atoms with E-state index in [0.29, 0.717) is 6.61 Å². The molecule has 0 spiro atoms. The van der Waals surface area contributed by atoms with Gasteiger partial charge in [0.2, 0.25) is 0 Å². The highest BCUT2D eigenvalue weighted by atomic mass is 35.5. The lowest BCUT2D eigenvalue weighted by Crippen LogP contribution is -2.48. The van der Waals surface area contributed by atoms with Crippen LogP contribution < -0.4 is 10.5 Å². The first kappa shape index (κ1) is 21.1. The molecule has 0 bridgehead atoms. The first-order valence-electron chi connectivity index (χ1n) is 11.1. The quantitative estimate of drug-likeness (QED) is 0.624. The van der Waals surface area contributed by atoms with Gasteiger partial charge in [-0.3, -0.25) is 0 Å². The summed E-state index contributed by atoms with van der Waals surface area (Å²) in [6.07, 6.45) is 8.62. The monoisotopic (exact) mass is 446 g/mol. The molecule has 0 atom stereocenters. The summed E-state index contributed by atoms with van der Waals surface area (Å²) in [6.45, 7) is 3.43. The maximum absolute atomic E-state index is 6.75. The summed E-state index contributed by atoms with van der Waals surface area (Å²) in [7, 11) is 0. The number of fused-ring (bicyclic) bond motifs is 2. The summed E-state index contributed by atoms with van der Waals surface area (Å²) in [6, 6.07) is 16.2. The average molecular weight is 447 g/mol. The van der Waals surface area contributed by atoms with Crippen LogP contribution in [0.3, 0.4) is 0 Å². The molecular formula is C26H27ClN4O. The number of piperidine rings is 1. The van der Waals surface area contributed by atoms with Crippen molar-refractivity contribution < 1.29 is 4.74 Å².